The molecule has 220 valence electrons. The number of carbonyl (C=O) groups excluding carboxylic acids is 1. The van der Waals surface area contributed by atoms with Crippen LogP contribution >= 0.6 is 0 Å². The zero-order valence-electron chi connectivity index (χ0n) is 25.4. The van der Waals surface area contributed by atoms with E-state index >= 15 is 0 Å². The maximum atomic E-state index is 14.3. The number of fused-ring (bicyclic) bond motifs is 1. The van der Waals surface area contributed by atoms with Crippen LogP contribution < -0.4 is 10.7 Å². The van der Waals surface area contributed by atoms with E-state index in [0.29, 0.717) is 28.0 Å². The summed E-state index contributed by atoms with van der Waals surface area (Å²) in [4.78, 5) is 31.7. The number of rotatable bonds is 5. The molecule has 1 fully saturated rings. The molecule has 8 nitrogen and oxygen atoms in total. The minimum Gasteiger partial charge on any atom is -0.453 e. The molecule has 1 aliphatic carbocycles. The fourth-order valence-corrected chi connectivity index (χ4v) is 5.94. The summed E-state index contributed by atoms with van der Waals surface area (Å²) in [6.45, 7) is 9.47. The van der Waals surface area contributed by atoms with Crippen LogP contribution in [0.5, 0.6) is 0 Å². The second-order valence-electron chi connectivity index (χ2n) is 12.3. The van der Waals surface area contributed by atoms with Crippen molar-refractivity contribution < 1.29 is 13.9 Å². The summed E-state index contributed by atoms with van der Waals surface area (Å²) >= 11 is 0. The zero-order valence-corrected chi connectivity index (χ0v) is 25.4. The average Bonchev–Trinajstić information content (AvgIpc) is 3.20. The normalized spacial score (nSPS) is 14.4. The highest BCUT2D eigenvalue weighted by Gasteiger charge is 2.41. The maximum Gasteiger partial charge on any atom is 0.408 e. The quantitative estimate of drug-likeness (QED) is 0.233. The third-order valence-electron chi connectivity index (χ3n) is 8.26. The van der Waals surface area contributed by atoms with E-state index < -0.39 is 17.2 Å². The Morgan fingerprint density at radius 2 is 1.67 bits per heavy atom. The van der Waals surface area contributed by atoms with Crippen molar-refractivity contribution >= 4 is 17.1 Å². The van der Waals surface area contributed by atoms with Crippen LogP contribution in [0, 0.1) is 13.8 Å². The molecule has 3 heterocycles. The molecule has 1 amide bonds. The van der Waals surface area contributed by atoms with E-state index in [1.165, 1.54) is 0 Å². The van der Waals surface area contributed by atoms with Gasteiger partial charge in [0.25, 0.3) is 0 Å². The lowest BCUT2D eigenvalue weighted by molar-refractivity contribution is 0.0377. The molecule has 0 radical (unpaired) electrons. The van der Waals surface area contributed by atoms with Crippen LogP contribution in [0.4, 0.5) is 4.79 Å². The number of nitrogens with zero attached hydrogens (tertiary/aromatic N) is 3. The van der Waals surface area contributed by atoms with Gasteiger partial charge in [0.15, 0.2) is 5.58 Å². The Morgan fingerprint density at radius 3 is 2.26 bits per heavy atom. The molecule has 43 heavy (non-hydrogen) atoms. The second-order valence-corrected chi connectivity index (χ2v) is 12.3. The third kappa shape index (κ3) is 5.11. The molecule has 1 aliphatic rings. The van der Waals surface area contributed by atoms with Crippen molar-refractivity contribution in [2.24, 2.45) is 7.05 Å². The highest BCUT2D eigenvalue weighted by molar-refractivity contribution is 5.96. The van der Waals surface area contributed by atoms with Gasteiger partial charge in [-0.3, -0.25) is 14.5 Å². The number of benzene rings is 2. The third-order valence-corrected chi connectivity index (χ3v) is 8.26. The average molecular weight is 577 g/mol. The molecule has 0 unspecified atom stereocenters. The lowest BCUT2D eigenvalue weighted by Gasteiger charge is -2.43. The van der Waals surface area contributed by atoms with E-state index in [-0.39, 0.29) is 5.43 Å². The lowest BCUT2D eigenvalue weighted by Crippen LogP contribution is -2.52. The summed E-state index contributed by atoms with van der Waals surface area (Å²) in [5.41, 5.74) is 5.40. The Balaban J connectivity index is 1.49. The SMILES string of the molecule is Cc1nn(C)c(C)c1-c1nccc2c(=O)c(-c3ccc(C4(NC(=O)OC(C)(C)C)CCC4)cc3)c(-c3ccccc3)oc12. The minimum atomic E-state index is -0.583. The van der Waals surface area contributed by atoms with Gasteiger partial charge in [0.2, 0.25) is 5.43 Å². The number of amides is 1. The molecule has 0 bridgehead atoms. The van der Waals surface area contributed by atoms with Crippen LogP contribution in [0.3, 0.4) is 0 Å². The number of nitrogens with one attached hydrogen (secondary N) is 1. The van der Waals surface area contributed by atoms with Crippen molar-refractivity contribution in [1.29, 1.82) is 0 Å². The molecule has 8 heteroatoms. The van der Waals surface area contributed by atoms with E-state index in [1.54, 1.807) is 12.3 Å². The van der Waals surface area contributed by atoms with Crippen molar-refractivity contribution in [3.05, 3.63) is 94.0 Å². The monoisotopic (exact) mass is 576 g/mol. The highest BCUT2D eigenvalue weighted by atomic mass is 16.6. The van der Waals surface area contributed by atoms with Gasteiger partial charge < -0.3 is 14.5 Å². The van der Waals surface area contributed by atoms with Gasteiger partial charge in [0.1, 0.15) is 17.1 Å². The first-order valence-corrected chi connectivity index (χ1v) is 14.6. The van der Waals surface area contributed by atoms with Gasteiger partial charge in [-0.2, -0.15) is 5.10 Å². The number of hydrogen-bond donors (Lipinski definition) is 1. The number of pyridine rings is 1. The van der Waals surface area contributed by atoms with Crippen molar-refractivity contribution in [2.75, 3.05) is 0 Å². The molecular weight excluding hydrogens is 540 g/mol. The Hall–Kier alpha value is -4.72. The minimum absolute atomic E-state index is 0.138. The van der Waals surface area contributed by atoms with Crippen LogP contribution in [0.15, 0.2) is 76.1 Å². The fraction of sp³-hybridized carbons (Fsp3) is 0.314. The van der Waals surface area contributed by atoms with Crippen LogP contribution in [-0.2, 0) is 17.3 Å². The van der Waals surface area contributed by atoms with Gasteiger partial charge in [-0.25, -0.2) is 4.79 Å². The molecule has 5 aromatic rings. The van der Waals surface area contributed by atoms with Crippen LogP contribution in [-0.4, -0.2) is 26.5 Å². The number of aromatic nitrogens is 3. The summed E-state index contributed by atoms with van der Waals surface area (Å²) < 4.78 is 14.0. The van der Waals surface area contributed by atoms with E-state index in [4.69, 9.17) is 9.15 Å². The summed E-state index contributed by atoms with van der Waals surface area (Å²) in [5.74, 6) is 0.476. The van der Waals surface area contributed by atoms with Crippen LogP contribution in [0.1, 0.15) is 57.0 Å². The predicted molar refractivity (Wildman–Crippen MR) is 168 cm³/mol. The maximum absolute atomic E-state index is 14.3. The van der Waals surface area contributed by atoms with E-state index in [9.17, 15) is 9.59 Å². The molecule has 0 saturated heterocycles. The lowest BCUT2D eigenvalue weighted by atomic mass is 9.71. The van der Waals surface area contributed by atoms with Crippen molar-refractivity contribution in [3.8, 4) is 33.7 Å². The van der Waals surface area contributed by atoms with E-state index in [2.05, 4.69) is 15.4 Å². The molecule has 2 aromatic carbocycles. The number of hydrogen-bond acceptors (Lipinski definition) is 6. The van der Waals surface area contributed by atoms with E-state index in [0.717, 1.165) is 52.9 Å². The zero-order chi connectivity index (χ0) is 30.5. The fourth-order valence-electron chi connectivity index (χ4n) is 5.94. The largest absolute Gasteiger partial charge is 0.453 e. The van der Waals surface area contributed by atoms with Gasteiger partial charge in [-0.1, -0.05) is 54.6 Å². The number of ether oxygens (including phenoxy) is 1. The molecule has 0 atom stereocenters. The Morgan fingerprint density at radius 1 is 0.977 bits per heavy atom. The molecule has 1 N–H and O–H groups in total. The smallest absolute Gasteiger partial charge is 0.408 e. The van der Waals surface area contributed by atoms with Crippen LogP contribution in [0.2, 0.25) is 0 Å². The summed E-state index contributed by atoms with van der Waals surface area (Å²) in [6.07, 6.45) is 3.87. The first-order chi connectivity index (χ1) is 20.5. The second kappa shape index (κ2) is 10.5. The van der Waals surface area contributed by atoms with Crippen molar-refractivity contribution in [3.63, 3.8) is 0 Å². The molecular formula is C35H36N4O4. The van der Waals surface area contributed by atoms with Gasteiger partial charge in [0.05, 0.1) is 22.2 Å². The molecule has 0 aliphatic heterocycles. The van der Waals surface area contributed by atoms with Gasteiger partial charge in [-0.15, -0.1) is 0 Å². The Kier molecular flexibility index (Phi) is 6.95. The number of carbonyl (C=O) groups is 1. The summed E-state index contributed by atoms with van der Waals surface area (Å²) in [7, 11) is 1.89. The number of alkyl carbamates (subject to hydrolysis) is 1. The predicted octanol–water partition coefficient (Wildman–Crippen LogP) is 7.44. The standard InChI is InChI=1S/C35H36N4O4/c1-21-27(22(2)39(6)38-21)29-32-26(17-20-36-29)30(40)28(31(42-32)24-11-8-7-9-12-24)23-13-15-25(16-14-23)35(18-10-19-35)37-33(41)43-34(3,4)5/h7-9,11-17,20H,10,18-19H2,1-6H3,(H,37,41). The summed E-state index contributed by atoms with van der Waals surface area (Å²) in [5, 5.41) is 8.12. The first kappa shape index (κ1) is 28.4. The molecule has 0 spiro atoms. The first-order valence-electron chi connectivity index (χ1n) is 14.6. The van der Waals surface area contributed by atoms with Gasteiger partial charge in [-0.05, 0) is 71.1 Å². The Bertz CT molecular complexity index is 1890. The van der Waals surface area contributed by atoms with Crippen LogP contribution in [0.25, 0.3) is 44.7 Å². The van der Waals surface area contributed by atoms with Crippen molar-refractivity contribution in [1.82, 2.24) is 20.1 Å². The topological polar surface area (TPSA) is 99.2 Å². The Labute approximate surface area is 250 Å². The van der Waals surface area contributed by atoms with E-state index in [1.807, 2.05) is 101 Å². The summed E-state index contributed by atoms with van der Waals surface area (Å²) in [6, 6.07) is 19.2. The molecule has 3 aromatic heterocycles. The molecule has 6 rings (SSSR count). The van der Waals surface area contributed by atoms with Gasteiger partial charge >= 0.3 is 6.09 Å². The molecule has 1 saturated carbocycles. The highest BCUT2D eigenvalue weighted by Crippen LogP contribution is 2.43. The van der Waals surface area contributed by atoms with Crippen molar-refractivity contribution in [2.45, 2.75) is 65.0 Å². The van der Waals surface area contributed by atoms with Gasteiger partial charge in [0, 0.05) is 30.1 Å². The number of aryl methyl sites for hydroxylation is 2.